The lowest BCUT2D eigenvalue weighted by Gasteiger charge is -2.17. The van der Waals surface area contributed by atoms with E-state index in [-0.39, 0.29) is 11.8 Å². The van der Waals surface area contributed by atoms with Gasteiger partial charge in [0.25, 0.3) is 0 Å². The Bertz CT molecular complexity index is 559. The molecule has 1 heterocycles. The molecule has 1 aromatic rings. The average molecular weight is 301 g/mol. The summed E-state index contributed by atoms with van der Waals surface area (Å²) in [6.07, 6.45) is 2.88. The van der Waals surface area contributed by atoms with Gasteiger partial charge in [0.15, 0.2) is 0 Å². The van der Waals surface area contributed by atoms with Gasteiger partial charge < -0.3 is 10.7 Å². The summed E-state index contributed by atoms with van der Waals surface area (Å²) < 4.78 is 22.6. The number of anilines is 2. The summed E-state index contributed by atoms with van der Waals surface area (Å²) in [5.74, 6) is 7.35. The van der Waals surface area contributed by atoms with Crippen LogP contribution in [-0.2, 0) is 16.3 Å². The van der Waals surface area contributed by atoms with Crippen LogP contribution in [0.15, 0.2) is 0 Å². The molecular formula is C12H23N5O2S. The predicted octanol–water partition coefficient (Wildman–Crippen LogP) is 0.868. The third kappa shape index (κ3) is 4.93. The summed E-state index contributed by atoms with van der Waals surface area (Å²) in [5.41, 5.74) is 3.32. The molecule has 1 aromatic heterocycles. The van der Waals surface area contributed by atoms with Crippen LogP contribution in [0, 0.1) is 6.92 Å². The molecule has 20 heavy (non-hydrogen) atoms. The maximum absolute atomic E-state index is 11.3. The number of nitrogen functional groups attached to an aromatic ring is 1. The number of hydrogen-bond acceptors (Lipinski definition) is 7. The second-order valence-electron chi connectivity index (χ2n) is 4.99. The maximum atomic E-state index is 11.3. The van der Waals surface area contributed by atoms with Crippen molar-refractivity contribution in [2.24, 2.45) is 5.84 Å². The number of nitrogens with one attached hydrogen (secondary N) is 2. The van der Waals surface area contributed by atoms with E-state index in [0.717, 1.165) is 18.4 Å². The van der Waals surface area contributed by atoms with Gasteiger partial charge in [0.1, 0.15) is 27.3 Å². The van der Waals surface area contributed by atoms with Gasteiger partial charge >= 0.3 is 0 Å². The lowest BCUT2D eigenvalue weighted by atomic mass is 10.2. The van der Waals surface area contributed by atoms with Crippen LogP contribution in [0.1, 0.15) is 31.7 Å². The van der Waals surface area contributed by atoms with Crippen molar-refractivity contribution in [3.63, 3.8) is 0 Å². The highest BCUT2D eigenvalue weighted by atomic mass is 32.2. The minimum Gasteiger partial charge on any atom is -0.366 e. The van der Waals surface area contributed by atoms with E-state index in [4.69, 9.17) is 5.84 Å². The van der Waals surface area contributed by atoms with Gasteiger partial charge in [0.05, 0.1) is 5.75 Å². The van der Waals surface area contributed by atoms with Crippen LogP contribution in [0.2, 0.25) is 0 Å². The Morgan fingerprint density at radius 1 is 1.30 bits per heavy atom. The van der Waals surface area contributed by atoms with Crippen LogP contribution < -0.4 is 16.6 Å². The molecule has 1 atom stereocenters. The number of nitrogens with zero attached hydrogens (tertiary/aromatic N) is 2. The summed E-state index contributed by atoms with van der Waals surface area (Å²) in [7, 11) is -3.04. The minimum absolute atomic E-state index is 0.0466. The molecule has 0 aliphatic rings. The monoisotopic (exact) mass is 301 g/mol. The average Bonchev–Trinajstić information content (AvgIpc) is 2.31. The Labute approximate surface area is 120 Å². The molecule has 1 rings (SSSR count). The molecule has 0 saturated carbocycles. The number of aromatic nitrogens is 2. The number of sulfone groups is 1. The number of hydrogen-bond donors (Lipinski definition) is 3. The molecule has 114 valence electrons. The number of nitrogens with two attached hydrogens (primary N) is 1. The SMILES string of the molecule is CCCc1nc(NN)c(C)c(NC(C)CS(C)(=O)=O)n1. The number of aryl methyl sites for hydroxylation is 1. The fourth-order valence-corrected chi connectivity index (χ4v) is 2.90. The standard InChI is InChI=1S/C12H23N5O2S/c1-5-6-10-15-11(9(3)12(16-10)17-13)14-8(2)7-20(4,18)19/h8H,5-7,13H2,1-4H3,(H2,14,15,16,17). The van der Waals surface area contributed by atoms with E-state index in [2.05, 4.69) is 20.7 Å². The van der Waals surface area contributed by atoms with E-state index in [9.17, 15) is 8.42 Å². The molecule has 0 aliphatic carbocycles. The summed E-state index contributed by atoms with van der Waals surface area (Å²) >= 11 is 0. The van der Waals surface area contributed by atoms with E-state index in [1.54, 1.807) is 6.92 Å². The summed E-state index contributed by atoms with van der Waals surface area (Å²) in [4.78, 5) is 8.75. The third-order valence-electron chi connectivity index (χ3n) is 2.74. The zero-order valence-electron chi connectivity index (χ0n) is 12.4. The van der Waals surface area contributed by atoms with E-state index >= 15 is 0 Å². The Kier molecular flexibility index (Phi) is 5.70. The van der Waals surface area contributed by atoms with Crippen molar-refractivity contribution in [1.29, 1.82) is 0 Å². The van der Waals surface area contributed by atoms with Crippen LogP contribution in [0.25, 0.3) is 0 Å². The Hall–Kier alpha value is -1.41. The van der Waals surface area contributed by atoms with Gasteiger partial charge in [-0.15, -0.1) is 0 Å². The Morgan fingerprint density at radius 2 is 1.90 bits per heavy atom. The highest BCUT2D eigenvalue weighted by Crippen LogP contribution is 2.20. The largest absolute Gasteiger partial charge is 0.366 e. The van der Waals surface area contributed by atoms with Gasteiger partial charge in [-0.25, -0.2) is 24.2 Å². The van der Waals surface area contributed by atoms with Crippen LogP contribution in [0.3, 0.4) is 0 Å². The van der Waals surface area contributed by atoms with Gasteiger partial charge in [-0.1, -0.05) is 6.92 Å². The van der Waals surface area contributed by atoms with Crippen LogP contribution >= 0.6 is 0 Å². The van der Waals surface area contributed by atoms with Crippen molar-refractivity contribution in [1.82, 2.24) is 9.97 Å². The van der Waals surface area contributed by atoms with Gasteiger partial charge in [-0.05, 0) is 20.3 Å². The lowest BCUT2D eigenvalue weighted by Crippen LogP contribution is -2.26. The second kappa shape index (κ2) is 6.85. The fourth-order valence-electron chi connectivity index (χ4n) is 1.91. The van der Waals surface area contributed by atoms with E-state index in [1.807, 2.05) is 13.8 Å². The van der Waals surface area contributed by atoms with E-state index in [0.29, 0.717) is 17.5 Å². The quantitative estimate of drug-likeness (QED) is 0.506. The molecule has 0 aliphatic heterocycles. The molecule has 1 unspecified atom stereocenters. The van der Waals surface area contributed by atoms with E-state index in [1.165, 1.54) is 6.26 Å². The third-order valence-corrected chi connectivity index (χ3v) is 3.84. The molecule has 7 nitrogen and oxygen atoms in total. The first kappa shape index (κ1) is 16.6. The van der Waals surface area contributed by atoms with Gasteiger partial charge in [-0.3, -0.25) is 0 Å². The number of rotatable bonds is 7. The van der Waals surface area contributed by atoms with Crippen LogP contribution in [-0.4, -0.2) is 36.4 Å². The summed E-state index contributed by atoms with van der Waals surface area (Å²) in [5, 5.41) is 3.11. The van der Waals surface area contributed by atoms with Crippen molar-refractivity contribution in [2.75, 3.05) is 22.8 Å². The highest BCUT2D eigenvalue weighted by Gasteiger charge is 2.15. The zero-order chi connectivity index (χ0) is 15.3. The smallest absolute Gasteiger partial charge is 0.149 e. The van der Waals surface area contributed by atoms with Gasteiger partial charge in [0, 0.05) is 24.3 Å². The van der Waals surface area contributed by atoms with E-state index < -0.39 is 9.84 Å². The van der Waals surface area contributed by atoms with Crippen molar-refractivity contribution >= 4 is 21.5 Å². The van der Waals surface area contributed by atoms with Gasteiger partial charge in [-0.2, -0.15) is 0 Å². The Morgan fingerprint density at radius 3 is 2.40 bits per heavy atom. The van der Waals surface area contributed by atoms with Crippen LogP contribution in [0.4, 0.5) is 11.6 Å². The highest BCUT2D eigenvalue weighted by molar-refractivity contribution is 7.90. The minimum atomic E-state index is -3.04. The molecule has 0 radical (unpaired) electrons. The zero-order valence-corrected chi connectivity index (χ0v) is 13.2. The van der Waals surface area contributed by atoms with Crippen molar-refractivity contribution in [2.45, 2.75) is 39.7 Å². The fraction of sp³-hybridized carbons (Fsp3) is 0.667. The molecule has 8 heteroatoms. The van der Waals surface area contributed by atoms with Crippen molar-refractivity contribution < 1.29 is 8.42 Å². The van der Waals surface area contributed by atoms with Crippen molar-refractivity contribution in [3.05, 3.63) is 11.4 Å². The molecule has 0 aromatic carbocycles. The van der Waals surface area contributed by atoms with Gasteiger partial charge in [0.2, 0.25) is 0 Å². The van der Waals surface area contributed by atoms with Crippen LogP contribution in [0.5, 0.6) is 0 Å². The summed E-state index contributed by atoms with van der Waals surface area (Å²) in [6.45, 7) is 5.68. The molecular weight excluding hydrogens is 278 g/mol. The normalized spacial score (nSPS) is 13.1. The first-order valence-electron chi connectivity index (χ1n) is 6.55. The molecule has 0 amide bonds. The molecule has 0 saturated heterocycles. The molecule has 4 N–H and O–H groups in total. The molecule has 0 spiro atoms. The second-order valence-corrected chi connectivity index (χ2v) is 7.18. The number of hydrazine groups is 1. The predicted molar refractivity (Wildman–Crippen MR) is 81.4 cm³/mol. The topological polar surface area (TPSA) is 110 Å². The van der Waals surface area contributed by atoms with Crippen molar-refractivity contribution in [3.8, 4) is 0 Å². The first-order chi connectivity index (χ1) is 9.26. The first-order valence-corrected chi connectivity index (χ1v) is 8.61. The summed E-state index contributed by atoms with van der Waals surface area (Å²) in [6, 6.07) is -0.237. The molecule has 0 fully saturated rings. The Balaban J connectivity index is 3.00. The maximum Gasteiger partial charge on any atom is 0.149 e. The molecule has 0 bridgehead atoms. The lowest BCUT2D eigenvalue weighted by molar-refractivity contribution is 0.598.